The molecule has 103 valence electrons. The first-order valence-corrected chi connectivity index (χ1v) is 5.35. The van der Waals surface area contributed by atoms with Crippen LogP contribution in [0.1, 0.15) is 22.3 Å². The van der Waals surface area contributed by atoms with Crippen LogP contribution in [-0.4, -0.2) is 24.5 Å². The molecule has 0 heterocycles. The topological polar surface area (TPSA) is 72.2 Å². The number of carbonyl (C=O) groups is 2. The zero-order chi connectivity index (χ0) is 14.5. The second-order valence-corrected chi connectivity index (χ2v) is 3.75. The highest BCUT2D eigenvalue weighted by Crippen LogP contribution is 2.14. The number of nitrogens with one attached hydrogen (secondary N) is 1. The summed E-state index contributed by atoms with van der Waals surface area (Å²) in [7, 11) is 0. The van der Waals surface area contributed by atoms with E-state index in [1.165, 1.54) is 12.5 Å². The standard InChI is InChI=1S/C12H12F3N2O2/c13-12(14,15)7-17-10(18)6-5-8-3-1-2-4-9(8)11(16)19/h1-5H,6-7H2,(H2,16,19)(H,17,18). The summed E-state index contributed by atoms with van der Waals surface area (Å²) in [5.74, 6) is -1.45. The molecule has 0 saturated heterocycles. The molecule has 0 aliphatic heterocycles. The average molecular weight is 273 g/mol. The van der Waals surface area contributed by atoms with Gasteiger partial charge in [-0.3, -0.25) is 9.59 Å². The number of primary amides is 1. The molecular weight excluding hydrogens is 261 g/mol. The van der Waals surface area contributed by atoms with Gasteiger partial charge in [-0.05, 0) is 11.6 Å². The third-order valence-electron chi connectivity index (χ3n) is 2.22. The molecule has 0 spiro atoms. The zero-order valence-electron chi connectivity index (χ0n) is 9.83. The maximum Gasteiger partial charge on any atom is 0.405 e. The summed E-state index contributed by atoms with van der Waals surface area (Å²) in [6.45, 7) is -1.38. The lowest BCUT2D eigenvalue weighted by atomic mass is 10.0. The lowest BCUT2D eigenvalue weighted by molar-refractivity contribution is -0.138. The van der Waals surface area contributed by atoms with Gasteiger partial charge in [-0.15, -0.1) is 0 Å². The Kier molecular flexibility index (Phi) is 4.91. The van der Waals surface area contributed by atoms with Crippen molar-refractivity contribution in [3.63, 3.8) is 0 Å². The van der Waals surface area contributed by atoms with Crippen LogP contribution in [0.15, 0.2) is 24.3 Å². The highest BCUT2D eigenvalue weighted by molar-refractivity contribution is 5.95. The van der Waals surface area contributed by atoms with E-state index in [4.69, 9.17) is 5.73 Å². The fourth-order valence-electron chi connectivity index (χ4n) is 1.37. The number of carbonyl (C=O) groups excluding carboxylic acids is 2. The maximum absolute atomic E-state index is 11.9. The normalized spacial score (nSPS) is 11.1. The van der Waals surface area contributed by atoms with Gasteiger partial charge < -0.3 is 11.1 Å². The largest absolute Gasteiger partial charge is 0.405 e. The Bertz CT molecular complexity index is 472. The van der Waals surface area contributed by atoms with Gasteiger partial charge in [-0.25, -0.2) is 0 Å². The van der Waals surface area contributed by atoms with E-state index >= 15 is 0 Å². The van der Waals surface area contributed by atoms with Crippen molar-refractivity contribution >= 4 is 11.8 Å². The van der Waals surface area contributed by atoms with Crippen LogP contribution in [0.5, 0.6) is 0 Å². The number of alkyl halides is 3. The van der Waals surface area contributed by atoms with Crippen LogP contribution < -0.4 is 11.1 Å². The van der Waals surface area contributed by atoms with Crippen molar-refractivity contribution in [2.45, 2.75) is 12.6 Å². The summed E-state index contributed by atoms with van der Waals surface area (Å²) in [6, 6.07) is 6.26. The molecule has 1 aromatic carbocycles. The molecule has 3 N–H and O–H groups in total. The monoisotopic (exact) mass is 273 g/mol. The lowest BCUT2D eigenvalue weighted by Gasteiger charge is -2.09. The molecule has 2 amide bonds. The predicted octanol–water partition coefficient (Wildman–Crippen LogP) is 1.41. The number of hydrogen-bond donors (Lipinski definition) is 2. The molecule has 0 saturated carbocycles. The second kappa shape index (κ2) is 6.21. The fourth-order valence-corrected chi connectivity index (χ4v) is 1.37. The highest BCUT2D eigenvalue weighted by Gasteiger charge is 2.27. The van der Waals surface area contributed by atoms with Crippen molar-refractivity contribution in [3.8, 4) is 0 Å². The molecule has 1 rings (SSSR count). The van der Waals surface area contributed by atoms with Gasteiger partial charge in [0.1, 0.15) is 6.54 Å². The summed E-state index contributed by atoms with van der Waals surface area (Å²) in [5.41, 5.74) is 5.76. The molecule has 0 unspecified atom stereocenters. The van der Waals surface area contributed by atoms with Gasteiger partial charge in [-0.2, -0.15) is 13.2 Å². The van der Waals surface area contributed by atoms with Crippen LogP contribution in [0.2, 0.25) is 0 Å². The summed E-state index contributed by atoms with van der Waals surface area (Å²) < 4.78 is 35.6. The van der Waals surface area contributed by atoms with Crippen molar-refractivity contribution in [2.24, 2.45) is 5.73 Å². The van der Waals surface area contributed by atoms with E-state index in [2.05, 4.69) is 0 Å². The minimum Gasteiger partial charge on any atom is -0.366 e. The molecule has 1 aromatic rings. The first kappa shape index (κ1) is 15.0. The number of rotatable bonds is 5. The van der Waals surface area contributed by atoms with Gasteiger partial charge in [0.2, 0.25) is 11.8 Å². The number of halogens is 3. The Morgan fingerprint density at radius 2 is 1.89 bits per heavy atom. The smallest absolute Gasteiger partial charge is 0.366 e. The van der Waals surface area contributed by atoms with Crippen LogP contribution in [0, 0.1) is 6.42 Å². The number of amides is 2. The van der Waals surface area contributed by atoms with E-state index in [1.807, 2.05) is 0 Å². The van der Waals surface area contributed by atoms with E-state index in [9.17, 15) is 22.8 Å². The maximum atomic E-state index is 11.9. The van der Waals surface area contributed by atoms with Crippen molar-refractivity contribution < 1.29 is 22.8 Å². The minimum atomic E-state index is -4.44. The molecular formula is C12H12F3N2O2. The van der Waals surface area contributed by atoms with Gasteiger partial charge in [0.05, 0.1) is 0 Å². The van der Waals surface area contributed by atoms with Crippen LogP contribution in [0.25, 0.3) is 0 Å². The Morgan fingerprint density at radius 1 is 1.26 bits per heavy atom. The zero-order valence-corrected chi connectivity index (χ0v) is 9.83. The molecule has 0 aromatic heterocycles. The minimum absolute atomic E-state index is 0.214. The van der Waals surface area contributed by atoms with Crippen molar-refractivity contribution in [3.05, 3.63) is 41.8 Å². The third-order valence-corrected chi connectivity index (χ3v) is 2.22. The van der Waals surface area contributed by atoms with E-state index in [0.717, 1.165) is 0 Å². The summed E-state index contributed by atoms with van der Waals surface area (Å²) in [4.78, 5) is 22.3. The summed E-state index contributed by atoms with van der Waals surface area (Å²) in [6.07, 6.45) is -3.35. The Labute approximate surface area is 107 Å². The molecule has 0 bridgehead atoms. The summed E-state index contributed by atoms with van der Waals surface area (Å²) in [5, 5.41) is 1.73. The van der Waals surface area contributed by atoms with E-state index < -0.39 is 24.5 Å². The molecule has 1 radical (unpaired) electrons. The molecule has 0 aliphatic rings. The summed E-state index contributed by atoms with van der Waals surface area (Å²) >= 11 is 0. The average Bonchev–Trinajstić information content (AvgIpc) is 2.33. The molecule has 4 nitrogen and oxygen atoms in total. The fraction of sp³-hybridized carbons (Fsp3) is 0.250. The lowest BCUT2D eigenvalue weighted by Crippen LogP contribution is -2.33. The van der Waals surface area contributed by atoms with Crippen molar-refractivity contribution in [2.75, 3.05) is 6.54 Å². The van der Waals surface area contributed by atoms with Crippen molar-refractivity contribution in [1.29, 1.82) is 0 Å². The molecule has 7 heteroatoms. The molecule has 0 fully saturated rings. The van der Waals surface area contributed by atoms with Crippen LogP contribution >= 0.6 is 0 Å². The van der Waals surface area contributed by atoms with Gasteiger partial charge in [0.15, 0.2) is 0 Å². The van der Waals surface area contributed by atoms with E-state index in [0.29, 0.717) is 5.56 Å². The van der Waals surface area contributed by atoms with Gasteiger partial charge in [0.25, 0.3) is 0 Å². The second-order valence-electron chi connectivity index (χ2n) is 3.75. The van der Waals surface area contributed by atoms with Crippen LogP contribution in [-0.2, 0) is 4.79 Å². The van der Waals surface area contributed by atoms with Crippen LogP contribution in [0.3, 0.4) is 0 Å². The quantitative estimate of drug-likeness (QED) is 0.851. The number of benzene rings is 1. The molecule has 0 atom stereocenters. The van der Waals surface area contributed by atoms with Gasteiger partial charge >= 0.3 is 6.18 Å². The molecule has 19 heavy (non-hydrogen) atoms. The first-order valence-electron chi connectivity index (χ1n) is 5.35. The Balaban J connectivity index is 2.53. The SMILES string of the molecule is NC(=O)c1ccccc1[CH]CC(=O)NCC(F)(F)F. The Morgan fingerprint density at radius 3 is 2.47 bits per heavy atom. The van der Waals surface area contributed by atoms with E-state index in [1.54, 1.807) is 23.5 Å². The Hall–Kier alpha value is -2.05. The third kappa shape index (κ3) is 5.41. The van der Waals surface area contributed by atoms with Gasteiger partial charge in [-0.1, -0.05) is 18.2 Å². The number of nitrogens with two attached hydrogens (primary N) is 1. The number of hydrogen-bond acceptors (Lipinski definition) is 2. The van der Waals surface area contributed by atoms with E-state index in [-0.39, 0.29) is 12.0 Å². The van der Waals surface area contributed by atoms with Crippen molar-refractivity contribution in [1.82, 2.24) is 5.32 Å². The first-order chi connectivity index (χ1) is 8.79. The predicted molar refractivity (Wildman–Crippen MR) is 62.0 cm³/mol. The van der Waals surface area contributed by atoms with Gasteiger partial charge in [0, 0.05) is 18.4 Å². The van der Waals surface area contributed by atoms with Crippen LogP contribution in [0.4, 0.5) is 13.2 Å². The highest BCUT2D eigenvalue weighted by atomic mass is 19.4. The molecule has 0 aliphatic carbocycles.